The van der Waals surface area contributed by atoms with Gasteiger partial charge in [-0.1, -0.05) is 0 Å². The lowest BCUT2D eigenvalue weighted by atomic mass is 10.1. The molecular formula is C12H15NO3. The van der Waals surface area contributed by atoms with Crippen molar-refractivity contribution >= 4 is 12.0 Å². The summed E-state index contributed by atoms with van der Waals surface area (Å²) in [4.78, 5) is 10.6. The Hall–Kier alpha value is -1.97. The zero-order valence-corrected chi connectivity index (χ0v) is 9.40. The second kappa shape index (κ2) is 5.80. The van der Waals surface area contributed by atoms with Gasteiger partial charge in [0.15, 0.2) is 0 Å². The minimum absolute atomic E-state index is 0.488. The van der Waals surface area contributed by atoms with Gasteiger partial charge in [0.25, 0.3) is 0 Å². The number of hydrogen-bond acceptors (Lipinski definition) is 3. The molecule has 0 radical (unpaired) electrons. The highest BCUT2D eigenvalue weighted by molar-refractivity contribution is 5.90. The molecule has 0 aliphatic rings. The first kappa shape index (κ1) is 12.1. The van der Waals surface area contributed by atoms with Gasteiger partial charge in [-0.2, -0.15) is 0 Å². The molecule has 0 atom stereocenters. The average Bonchev–Trinajstić information content (AvgIpc) is 2.27. The first-order valence-electron chi connectivity index (χ1n) is 4.95. The van der Waals surface area contributed by atoms with Crippen molar-refractivity contribution in [1.82, 2.24) is 0 Å². The van der Waals surface area contributed by atoms with E-state index in [1.807, 2.05) is 13.0 Å². The number of carbonyl (C=O) groups excluding carboxylic acids is 1. The lowest BCUT2D eigenvalue weighted by Gasteiger charge is -2.08. The van der Waals surface area contributed by atoms with Crippen molar-refractivity contribution in [3.63, 3.8) is 0 Å². The van der Waals surface area contributed by atoms with E-state index in [-0.39, 0.29) is 0 Å². The third-order valence-electron chi connectivity index (χ3n) is 1.95. The summed E-state index contributed by atoms with van der Waals surface area (Å²) in [6.45, 7) is 2.44. The summed E-state index contributed by atoms with van der Waals surface area (Å²) in [6, 6.07) is 5.37. The molecule has 1 aromatic rings. The van der Waals surface area contributed by atoms with E-state index in [4.69, 9.17) is 15.2 Å². The Labute approximate surface area is 94.7 Å². The summed E-state index contributed by atoms with van der Waals surface area (Å²) in [6.07, 6.45) is 2.91. The monoisotopic (exact) mass is 221 g/mol. The van der Waals surface area contributed by atoms with Crippen molar-refractivity contribution < 1.29 is 14.3 Å². The predicted octanol–water partition coefficient (Wildman–Crippen LogP) is 1.59. The molecule has 1 amide bonds. The maximum absolute atomic E-state index is 10.6. The lowest BCUT2D eigenvalue weighted by molar-refractivity contribution is -0.113. The first-order chi connectivity index (χ1) is 7.67. The van der Waals surface area contributed by atoms with Gasteiger partial charge in [0.2, 0.25) is 5.91 Å². The maximum Gasteiger partial charge on any atom is 0.241 e. The topological polar surface area (TPSA) is 61.6 Å². The molecule has 16 heavy (non-hydrogen) atoms. The van der Waals surface area contributed by atoms with Crippen molar-refractivity contribution in [2.24, 2.45) is 5.73 Å². The Morgan fingerprint density at radius 1 is 1.50 bits per heavy atom. The number of rotatable bonds is 5. The molecule has 0 saturated carbocycles. The molecule has 0 aliphatic carbocycles. The van der Waals surface area contributed by atoms with Crippen LogP contribution in [-0.2, 0) is 4.79 Å². The summed E-state index contributed by atoms with van der Waals surface area (Å²) >= 11 is 0. The third kappa shape index (κ3) is 3.31. The molecule has 86 valence electrons. The van der Waals surface area contributed by atoms with Crippen LogP contribution in [0.15, 0.2) is 24.3 Å². The summed E-state index contributed by atoms with van der Waals surface area (Å²) in [5.74, 6) is 0.886. The zero-order chi connectivity index (χ0) is 12.0. The van der Waals surface area contributed by atoms with Crippen LogP contribution in [0.2, 0.25) is 0 Å². The third-order valence-corrected chi connectivity index (χ3v) is 1.95. The highest BCUT2D eigenvalue weighted by Crippen LogP contribution is 2.25. The molecule has 0 bridgehead atoms. The molecule has 0 aliphatic heterocycles. The number of amides is 1. The fraction of sp³-hybridized carbons (Fsp3) is 0.250. The Kier molecular flexibility index (Phi) is 4.39. The van der Waals surface area contributed by atoms with Crippen LogP contribution >= 0.6 is 0 Å². The van der Waals surface area contributed by atoms with Gasteiger partial charge in [-0.3, -0.25) is 4.79 Å². The molecular weight excluding hydrogens is 206 g/mol. The van der Waals surface area contributed by atoms with E-state index in [1.54, 1.807) is 25.3 Å². The van der Waals surface area contributed by atoms with E-state index >= 15 is 0 Å². The second-order valence-electron chi connectivity index (χ2n) is 3.07. The van der Waals surface area contributed by atoms with E-state index < -0.39 is 5.91 Å². The van der Waals surface area contributed by atoms with Gasteiger partial charge in [-0.05, 0) is 25.1 Å². The Balaban J connectivity index is 3.02. The average molecular weight is 221 g/mol. The summed E-state index contributed by atoms with van der Waals surface area (Å²) in [5.41, 5.74) is 5.82. The number of nitrogens with two attached hydrogens (primary N) is 1. The molecule has 0 unspecified atom stereocenters. The normalized spacial score (nSPS) is 10.4. The van der Waals surface area contributed by atoms with Gasteiger partial charge >= 0.3 is 0 Å². The Bertz CT molecular complexity index is 399. The quantitative estimate of drug-likeness (QED) is 0.768. The second-order valence-corrected chi connectivity index (χ2v) is 3.07. The zero-order valence-electron chi connectivity index (χ0n) is 9.40. The summed E-state index contributed by atoms with van der Waals surface area (Å²) in [7, 11) is 1.59. The molecule has 4 heteroatoms. The molecule has 0 aromatic heterocycles. The van der Waals surface area contributed by atoms with Crippen LogP contribution < -0.4 is 15.2 Å². The molecule has 0 heterocycles. The Morgan fingerprint density at radius 2 is 2.25 bits per heavy atom. The van der Waals surface area contributed by atoms with Gasteiger partial charge in [-0.15, -0.1) is 0 Å². The van der Waals surface area contributed by atoms with Gasteiger partial charge in [0, 0.05) is 17.7 Å². The highest BCUT2D eigenvalue weighted by Gasteiger charge is 2.02. The predicted molar refractivity (Wildman–Crippen MR) is 62.4 cm³/mol. The fourth-order valence-corrected chi connectivity index (χ4v) is 1.23. The van der Waals surface area contributed by atoms with Crippen molar-refractivity contribution in [1.29, 1.82) is 0 Å². The largest absolute Gasteiger partial charge is 0.497 e. The summed E-state index contributed by atoms with van der Waals surface area (Å²) in [5, 5.41) is 0. The van der Waals surface area contributed by atoms with Crippen molar-refractivity contribution in [3.05, 3.63) is 29.8 Å². The van der Waals surface area contributed by atoms with Crippen molar-refractivity contribution in [2.75, 3.05) is 13.7 Å². The molecule has 2 N–H and O–H groups in total. The standard InChI is InChI=1S/C12H15NO3/c1-3-16-11-8-10(15-2)6-4-9(11)5-7-12(13)14/h4-8H,3H2,1-2H3,(H2,13,14)/b7-5+. The van der Waals surface area contributed by atoms with Crippen LogP contribution in [0, 0.1) is 0 Å². The minimum Gasteiger partial charge on any atom is -0.497 e. The van der Waals surface area contributed by atoms with Gasteiger partial charge in [0.1, 0.15) is 11.5 Å². The van der Waals surface area contributed by atoms with Gasteiger partial charge < -0.3 is 15.2 Å². The van der Waals surface area contributed by atoms with E-state index in [0.29, 0.717) is 18.1 Å². The van der Waals surface area contributed by atoms with E-state index in [0.717, 1.165) is 5.56 Å². The smallest absolute Gasteiger partial charge is 0.241 e. The minimum atomic E-state index is -0.488. The van der Waals surface area contributed by atoms with Crippen LogP contribution in [-0.4, -0.2) is 19.6 Å². The highest BCUT2D eigenvalue weighted by atomic mass is 16.5. The number of benzene rings is 1. The van der Waals surface area contributed by atoms with Crippen LogP contribution in [0.25, 0.3) is 6.08 Å². The number of hydrogen-bond donors (Lipinski definition) is 1. The molecule has 0 spiro atoms. The van der Waals surface area contributed by atoms with E-state index in [2.05, 4.69) is 0 Å². The van der Waals surface area contributed by atoms with Crippen molar-refractivity contribution in [2.45, 2.75) is 6.92 Å². The molecule has 0 saturated heterocycles. The molecule has 1 aromatic carbocycles. The van der Waals surface area contributed by atoms with E-state index in [9.17, 15) is 4.79 Å². The number of carbonyl (C=O) groups is 1. The number of methoxy groups -OCH3 is 1. The molecule has 0 fully saturated rings. The van der Waals surface area contributed by atoms with Crippen LogP contribution in [0.5, 0.6) is 11.5 Å². The van der Waals surface area contributed by atoms with Crippen LogP contribution in [0.1, 0.15) is 12.5 Å². The van der Waals surface area contributed by atoms with Crippen LogP contribution in [0.4, 0.5) is 0 Å². The van der Waals surface area contributed by atoms with Gasteiger partial charge in [-0.25, -0.2) is 0 Å². The van der Waals surface area contributed by atoms with Crippen LogP contribution in [0.3, 0.4) is 0 Å². The maximum atomic E-state index is 10.6. The van der Waals surface area contributed by atoms with Crippen molar-refractivity contribution in [3.8, 4) is 11.5 Å². The Morgan fingerprint density at radius 3 is 2.81 bits per heavy atom. The summed E-state index contributed by atoms with van der Waals surface area (Å²) < 4.78 is 10.5. The lowest BCUT2D eigenvalue weighted by Crippen LogP contribution is -2.05. The first-order valence-corrected chi connectivity index (χ1v) is 4.95. The SMILES string of the molecule is CCOc1cc(OC)ccc1/C=C/C(N)=O. The number of ether oxygens (including phenoxy) is 2. The van der Waals surface area contributed by atoms with Gasteiger partial charge in [0.05, 0.1) is 13.7 Å². The fourth-order valence-electron chi connectivity index (χ4n) is 1.23. The van der Waals surface area contributed by atoms with E-state index in [1.165, 1.54) is 6.08 Å². The molecule has 1 rings (SSSR count). The molecule has 4 nitrogen and oxygen atoms in total. The number of primary amides is 1.